The van der Waals surface area contributed by atoms with Crippen molar-refractivity contribution in [3.05, 3.63) is 78.4 Å². The van der Waals surface area contributed by atoms with Crippen LogP contribution in [0.4, 0.5) is 0 Å². The number of nitrogens with one attached hydrogen (secondary N) is 1. The number of thiocarbonyl (C=S) groups is 1. The Morgan fingerprint density at radius 3 is 2.57 bits per heavy atom. The largest absolute Gasteiger partial charge is 0.497 e. The molecule has 1 aromatic carbocycles. The van der Waals surface area contributed by atoms with Gasteiger partial charge in [0, 0.05) is 36.9 Å². The van der Waals surface area contributed by atoms with Crippen molar-refractivity contribution in [2.45, 2.75) is 12.1 Å². The van der Waals surface area contributed by atoms with Crippen LogP contribution in [-0.2, 0) is 0 Å². The topological polar surface area (TPSA) is 45.6 Å². The second kappa shape index (κ2) is 8.85. The number of rotatable bonds is 7. The van der Waals surface area contributed by atoms with E-state index in [0.717, 1.165) is 35.3 Å². The first-order chi connectivity index (χ1) is 14.6. The summed E-state index contributed by atoms with van der Waals surface area (Å²) >= 11 is 5.76. The summed E-state index contributed by atoms with van der Waals surface area (Å²) in [5.41, 5.74) is 3.24. The molecule has 1 fully saturated rings. The van der Waals surface area contributed by atoms with Gasteiger partial charge in [0.1, 0.15) is 5.75 Å². The average Bonchev–Trinajstić information content (AvgIpc) is 3.37. The molecule has 4 rings (SSSR count). The highest BCUT2D eigenvalue weighted by molar-refractivity contribution is 7.80. The third-order valence-electron chi connectivity index (χ3n) is 5.42. The minimum Gasteiger partial charge on any atom is -0.497 e. The summed E-state index contributed by atoms with van der Waals surface area (Å²) in [6, 6.07) is 18.4. The van der Waals surface area contributed by atoms with Gasteiger partial charge in [0.2, 0.25) is 0 Å². The number of ether oxygens (including phenoxy) is 1. The van der Waals surface area contributed by atoms with Crippen molar-refractivity contribution >= 4 is 17.3 Å². The molecule has 2 aromatic heterocycles. The van der Waals surface area contributed by atoms with Crippen LogP contribution in [-0.4, -0.2) is 58.8 Å². The zero-order valence-corrected chi connectivity index (χ0v) is 18.3. The summed E-state index contributed by atoms with van der Waals surface area (Å²) in [7, 11) is 5.84. The van der Waals surface area contributed by atoms with Crippen LogP contribution in [0.15, 0.2) is 67.0 Å². The number of nitrogens with zero attached hydrogens (tertiary/aromatic N) is 4. The molecule has 0 aliphatic carbocycles. The number of aromatic nitrogens is 2. The van der Waals surface area contributed by atoms with Gasteiger partial charge in [-0.1, -0.05) is 6.07 Å². The van der Waals surface area contributed by atoms with Gasteiger partial charge in [-0.05, 0) is 74.8 Å². The third kappa shape index (κ3) is 4.04. The van der Waals surface area contributed by atoms with Crippen molar-refractivity contribution < 1.29 is 4.74 Å². The van der Waals surface area contributed by atoms with Gasteiger partial charge in [0.05, 0.1) is 24.9 Å². The van der Waals surface area contributed by atoms with Crippen molar-refractivity contribution in [1.82, 2.24) is 24.7 Å². The first-order valence-corrected chi connectivity index (χ1v) is 10.4. The number of hydrogen-bond acceptors (Lipinski definition) is 4. The lowest BCUT2D eigenvalue weighted by Gasteiger charge is -2.29. The second-order valence-electron chi connectivity index (χ2n) is 7.62. The highest BCUT2D eigenvalue weighted by Crippen LogP contribution is 2.39. The first-order valence-electron chi connectivity index (χ1n) is 10.0. The summed E-state index contributed by atoms with van der Waals surface area (Å²) < 4.78 is 7.54. The summed E-state index contributed by atoms with van der Waals surface area (Å²) in [5.74, 6) is 0.843. The Balaban J connectivity index is 1.75. The lowest BCUT2D eigenvalue weighted by molar-refractivity contribution is 0.272. The summed E-state index contributed by atoms with van der Waals surface area (Å²) in [4.78, 5) is 9.08. The highest BCUT2D eigenvalue weighted by atomic mass is 32.1. The van der Waals surface area contributed by atoms with Crippen LogP contribution in [0.3, 0.4) is 0 Å². The number of benzene rings is 1. The van der Waals surface area contributed by atoms with Gasteiger partial charge < -0.3 is 24.4 Å². The Morgan fingerprint density at radius 1 is 1.10 bits per heavy atom. The van der Waals surface area contributed by atoms with Crippen molar-refractivity contribution in [2.75, 3.05) is 34.3 Å². The van der Waals surface area contributed by atoms with E-state index in [1.54, 1.807) is 7.11 Å². The maximum atomic E-state index is 5.76. The van der Waals surface area contributed by atoms with Crippen LogP contribution in [0.5, 0.6) is 5.75 Å². The van der Waals surface area contributed by atoms with Crippen LogP contribution >= 0.6 is 12.2 Å². The smallest absolute Gasteiger partial charge is 0.170 e. The molecule has 0 unspecified atom stereocenters. The minimum absolute atomic E-state index is 0.0206. The predicted molar refractivity (Wildman–Crippen MR) is 123 cm³/mol. The van der Waals surface area contributed by atoms with Gasteiger partial charge >= 0.3 is 0 Å². The maximum Gasteiger partial charge on any atom is 0.170 e. The minimum atomic E-state index is -0.0206. The molecule has 7 heteroatoms. The molecule has 0 bridgehead atoms. The van der Waals surface area contributed by atoms with Crippen LogP contribution in [0.25, 0.3) is 5.69 Å². The van der Waals surface area contributed by atoms with E-state index in [2.05, 4.69) is 75.3 Å². The highest BCUT2D eigenvalue weighted by Gasteiger charge is 2.41. The van der Waals surface area contributed by atoms with E-state index in [0.29, 0.717) is 0 Å². The first kappa shape index (κ1) is 20.4. The van der Waals surface area contributed by atoms with Crippen molar-refractivity contribution in [3.63, 3.8) is 0 Å². The fourth-order valence-corrected chi connectivity index (χ4v) is 4.22. The zero-order valence-electron chi connectivity index (χ0n) is 17.5. The molecule has 0 radical (unpaired) electrons. The van der Waals surface area contributed by atoms with Crippen molar-refractivity contribution in [3.8, 4) is 11.4 Å². The molecule has 6 nitrogen and oxygen atoms in total. The Kier molecular flexibility index (Phi) is 6.01. The fourth-order valence-electron chi connectivity index (χ4n) is 3.89. The van der Waals surface area contributed by atoms with E-state index < -0.39 is 0 Å². The second-order valence-corrected chi connectivity index (χ2v) is 8.01. The zero-order chi connectivity index (χ0) is 21.1. The molecule has 1 aliphatic heterocycles. The summed E-state index contributed by atoms with van der Waals surface area (Å²) in [5, 5.41) is 4.29. The SMILES string of the molecule is COc1ccc(-n2cccc2[C@H]2[C@H](c3ccccn3)NC(=S)N2CCN(C)C)cc1. The standard InChI is InChI=1S/C23H27N5OS/c1-26(2)15-16-28-22(21(25-23(28)30)19-7-4-5-13-24-19)20-8-6-14-27(20)17-9-11-18(29-3)12-10-17/h4-14,21-22H,15-16H2,1-3H3,(H,25,30)/t21-,22-/m0/s1. The van der Waals surface area contributed by atoms with E-state index in [9.17, 15) is 0 Å². The van der Waals surface area contributed by atoms with Crippen molar-refractivity contribution in [2.24, 2.45) is 0 Å². The molecule has 1 aliphatic rings. The van der Waals surface area contributed by atoms with Crippen LogP contribution in [0.1, 0.15) is 23.5 Å². The molecular formula is C23H27N5OS. The van der Waals surface area contributed by atoms with E-state index >= 15 is 0 Å². The molecule has 3 aromatic rings. The lowest BCUT2D eigenvalue weighted by Crippen LogP contribution is -2.36. The molecule has 3 heterocycles. The molecule has 0 amide bonds. The van der Waals surface area contributed by atoms with Gasteiger partial charge in [0.15, 0.2) is 5.11 Å². The summed E-state index contributed by atoms with van der Waals surface area (Å²) in [6.07, 6.45) is 3.93. The van der Waals surface area contributed by atoms with Crippen LogP contribution in [0, 0.1) is 0 Å². The van der Waals surface area contributed by atoms with Crippen LogP contribution in [0.2, 0.25) is 0 Å². The fraction of sp³-hybridized carbons (Fsp3) is 0.304. The summed E-state index contributed by atoms with van der Waals surface area (Å²) in [6.45, 7) is 1.75. The van der Waals surface area contributed by atoms with E-state index in [1.165, 1.54) is 5.69 Å². The number of hydrogen-bond donors (Lipinski definition) is 1. The van der Waals surface area contributed by atoms with E-state index in [4.69, 9.17) is 17.0 Å². The number of pyridine rings is 1. The monoisotopic (exact) mass is 421 g/mol. The van der Waals surface area contributed by atoms with Gasteiger partial charge in [-0.3, -0.25) is 4.98 Å². The Bertz CT molecular complexity index is 986. The molecule has 1 N–H and O–H groups in total. The Labute approximate surface area is 183 Å². The molecule has 156 valence electrons. The maximum absolute atomic E-state index is 5.76. The van der Waals surface area contributed by atoms with Gasteiger partial charge in [-0.25, -0.2) is 0 Å². The third-order valence-corrected chi connectivity index (χ3v) is 5.77. The number of likely N-dealkylation sites (N-methyl/N-ethyl adjacent to an activating group) is 1. The molecule has 2 atom stereocenters. The molecule has 0 spiro atoms. The molecule has 0 saturated carbocycles. The predicted octanol–water partition coefficient (Wildman–Crippen LogP) is 3.42. The Hall–Kier alpha value is -2.90. The Morgan fingerprint density at radius 2 is 1.90 bits per heavy atom. The van der Waals surface area contributed by atoms with E-state index in [1.807, 2.05) is 30.5 Å². The van der Waals surface area contributed by atoms with Crippen molar-refractivity contribution in [1.29, 1.82) is 0 Å². The molecule has 1 saturated heterocycles. The van der Waals surface area contributed by atoms with Gasteiger partial charge in [-0.2, -0.15) is 0 Å². The van der Waals surface area contributed by atoms with E-state index in [-0.39, 0.29) is 12.1 Å². The molecule has 30 heavy (non-hydrogen) atoms. The quantitative estimate of drug-likeness (QED) is 0.590. The van der Waals surface area contributed by atoms with Crippen LogP contribution < -0.4 is 10.1 Å². The molecular weight excluding hydrogens is 394 g/mol. The van der Waals surface area contributed by atoms with Gasteiger partial charge in [0.25, 0.3) is 0 Å². The van der Waals surface area contributed by atoms with Gasteiger partial charge in [-0.15, -0.1) is 0 Å². The normalized spacial score (nSPS) is 18.7. The lowest BCUT2D eigenvalue weighted by atomic mass is 10.0. The number of methoxy groups -OCH3 is 1. The average molecular weight is 422 g/mol.